The molecule has 29 heavy (non-hydrogen) atoms. The van der Waals surface area contributed by atoms with Crippen LogP contribution in [0.2, 0.25) is 0 Å². The van der Waals surface area contributed by atoms with Gasteiger partial charge < -0.3 is 15.4 Å². The summed E-state index contributed by atoms with van der Waals surface area (Å²) >= 11 is 0. The first kappa shape index (κ1) is 21.2. The summed E-state index contributed by atoms with van der Waals surface area (Å²) in [5.74, 6) is 0.198. The minimum Gasteiger partial charge on any atom is -0.379 e. The summed E-state index contributed by atoms with van der Waals surface area (Å²) in [5.41, 5.74) is 1.99. The van der Waals surface area contributed by atoms with Crippen LogP contribution in [0, 0.1) is 11.6 Å². The van der Waals surface area contributed by atoms with Crippen LogP contribution in [0.5, 0.6) is 0 Å². The van der Waals surface area contributed by atoms with E-state index in [9.17, 15) is 8.78 Å². The van der Waals surface area contributed by atoms with Gasteiger partial charge >= 0.3 is 0 Å². The Balaban J connectivity index is 1.69. The topological polar surface area (TPSA) is 48.9 Å². The predicted molar refractivity (Wildman–Crippen MR) is 111 cm³/mol. The maximum atomic E-state index is 13.4. The third kappa shape index (κ3) is 6.51. The summed E-state index contributed by atoms with van der Waals surface area (Å²) in [4.78, 5) is 6.95. The summed E-state index contributed by atoms with van der Waals surface area (Å²) in [6.07, 6.45) is 0. The highest BCUT2D eigenvalue weighted by molar-refractivity contribution is 5.79. The Kier molecular flexibility index (Phi) is 7.95. The van der Waals surface area contributed by atoms with Gasteiger partial charge in [0, 0.05) is 26.2 Å². The summed E-state index contributed by atoms with van der Waals surface area (Å²) in [6.45, 7) is 6.85. The fourth-order valence-corrected chi connectivity index (χ4v) is 3.33. The molecule has 0 saturated carbocycles. The Morgan fingerprint density at radius 1 is 1.00 bits per heavy atom. The molecule has 2 N–H and O–H groups in total. The van der Waals surface area contributed by atoms with E-state index in [0.29, 0.717) is 32.3 Å². The number of nitrogens with one attached hydrogen (secondary N) is 2. The van der Waals surface area contributed by atoms with Crippen molar-refractivity contribution in [1.82, 2.24) is 15.5 Å². The van der Waals surface area contributed by atoms with E-state index in [4.69, 9.17) is 4.74 Å². The zero-order chi connectivity index (χ0) is 20.5. The minimum absolute atomic E-state index is 0.0779. The van der Waals surface area contributed by atoms with Gasteiger partial charge in [0.15, 0.2) is 5.96 Å². The average Bonchev–Trinajstić information content (AvgIpc) is 2.75. The summed E-state index contributed by atoms with van der Waals surface area (Å²) < 4.78 is 32.0. The molecule has 2 aromatic rings. The molecule has 1 aliphatic rings. The van der Waals surface area contributed by atoms with Crippen LogP contribution >= 0.6 is 0 Å². The highest BCUT2D eigenvalue weighted by atomic mass is 19.1. The van der Waals surface area contributed by atoms with Gasteiger partial charge in [0.25, 0.3) is 0 Å². The van der Waals surface area contributed by atoms with Gasteiger partial charge in [-0.2, -0.15) is 0 Å². The molecule has 1 atom stereocenters. The SMILES string of the molecule is CCNC(=NCc1ccc(F)cc1)NCC(c1ccc(F)cc1)N1CCOCC1. The van der Waals surface area contributed by atoms with Gasteiger partial charge in [0.2, 0.25) is 0 Å². The first-order valence-electron chi connectivity index (χ1n) is 9.99. The van der Waals surface area contributed by atoms with Crippen LogP contribution in [0.1, 0.15) is 24.1 Å². The van der Waals surface area contributed by atoms with E-state index in [2.05, 4.69) is 20.5 Å². The Morgan fingerprint density at radius 3 is 2.24 bits per heavy atom. The molecule has 0 spiro atoms. The summed E-state index contributed by atoms with van der Waals surface area (Å²) in [5, 5.41) is 6.65. The molecule has 1 fully saturated rings. The van der Waals surface area contributed by atoms with Gasteiger partial charge in [0.1, 0.15) is 11.6 Å². The first-order chi connectivity index (χ1) is 14.2. The molecular formula is C22H28F2N4O. The second-order valence-corrected chi connectivity index (χ2v) is 6.92. The highest BCUT2D eigenvalue weighted by Gasteiger charge is 2.23. The smallest absolute Gasteiger partial charge is 0.191 e. The number of hydrogen-bond acceptors (Lipinski definition) is 3. The summed E-state index contributed by atoms with van der Waals surface area (Å²) in [6, 6.07) is 13.1. The van der Waals surface area contributed by atoms with Crippen molar-refractivity contribution in [2.45, 2.75) is 19.5 Å². The van der Waals surface area contributed by atoms with E-state index in [0.717, 1.165) is 30.8 Å². The van der Waals surface area contributed by atoms with Crippen LogP contribution in [0.25, 0.3) is 0 Å². The molecule has 0 bridgehead atoms. The molecule has 0 amide bonds. The van der Waals surface area contributed by atoms with E-state index in [1.165, 1.54) is 24.3 Å². The second kappa shape index (κ2) is 10.9. The van der Waals surface area contributed by atoms with Gasteiger partial charge in [-0.15, -0.1) is 0 Å². The standard InChI is InChI=1S/C22H28F2N4O/c1-2-25-22(26-15-17-3-7-19(23)8-4-17)27-16-21(28-11-13-29-14-12-28)18-5-9-20(24)10-6-18/h3-10,21H,2,11-16H2,1H3,(H2,25,26,27). The van der Waals surface area contributed by atoms with Crippen molar-refractivity contribution in [3.63, 3.8) is 0 Å². The van der Waals surface area contributed by atoms with Crippen LogP contribution in [-0.2, 0) is 11.3 Å². The first-order valence-corrected chi connectivity index (χ1v) is 9.99. The van der Waals surface area contributed by atoms with Crippen LogP contribution in [0.4, 0.5) is 8.78 Å². The van der Waals surface area contributed by atoms with Crippen LogP contribution in [-0.4, -0.2) is 50.3 Å². The van der Waals surface area contributed by atoms with Crippen molar-refractivity contribution >= 4 is 5.96 Å². The van der Waals surface area contributed by atoms with E-state index < -0.39 is 0 Å². The maximum absolute atomic E-state index is 13.4. The largest absolute Gasteiger partial charge is 0.379 e. The third-order valence-corrected chi connectivity index (χ3v) is 4.88. The molecule has 5 nitrogen and oxygen atoms in total. The fourth-order valence-electron chi connectivity index (χ4n) is 3.33. The number of benzene rings is 2. The number of rotatable bonds is 7. The molecule has 1 heterocycles. The molecule has 1 unspecified atom stereocenters. The monoisotopic (exact) mass is 402 g/mol. The number of ether oxygens (including phenoxy) is 1. The zero-order valence-electron chi connectivity index (χ0n) is 16.7. The fraction of sp³-hybridized carbons (Fsp3) is 0.409. The Labute approximate surface area is 170 Å². The average molecular weight is 402 g/mol. The minimum atomic E-state index is -0.254. The van der Waals surface area contributed by atoms with Crippen LogP contribution in [0.3, 0.4) is 0 Å². The van der Waals surface area contributed by atoms with E-state index >= 15 is 0 Å². The quantitative estimate of drug-likeness (QED) is 0.552. The van der Waals surface area contributed by atoms with Crippen molar-refractivity contribution < 1.29 is 13.5 Å². The molecule has 1 saturated heterocycles. The zero-order valence-corrected chi connectivity index (χ0v) is 16.7. The lowest BCUT2D eigenvalue weighted by Crippen LogP contribution is -2.46. The number of hydrogen-bond donors (Lipinski definition) is 2. The Hall–Kier alpha value is -2.51. The van der Waals surface area contributed by atoms with Crippen molar-refractivity contribution in [1.29, 1.82) is 0 Å². The second-order valence-electron chi connectivity index (χ2n) is 6.92. The van der Waals surface area contributed by atoms with Gasteiger partial charge in [-0.05, 0) is 42.3 Å². The molecule has 0 aromatic heterocycles. The van der Waals surface area contributed by atoms with Crippen LogP contribution in [0.15, 0.2) is 53.5 Å². The maximum Gasteiger partial charge on any atom is 0.191 e. The van der Waals surface area contributed by atoms with Crippen molar-refractivity contribution in [2.75, 3.05) is 39.4 Å². The molecule has 0 radical (unpaired) electrons. The van der Waals surface area contributed by atoms with Gasteiger partial charge in [0.05, 0.1) is 25.8 Å². The molecular weight excluding hydrogens is 374 g/mol. The van der Waals surface area contributed by atoms with E-state index in [1.807, 2.05) is 19.1 Å². The van der Waals surface area contributed by atoms with Crippen molar-refractivity contribution in [2.24, 2.45) is 4.99 Å². The molecule has 0 aliphatic carbocycles. The van der Waals surface area contributed by atoms with Crippen molar-refractivity contribution in [3.05, 3.63) is 71.3 Å². The van der Waals surface area contributed by atoms with Gasteiger partial charge in [-0.25, -0.2) is 13.8 Å². The molecule has 156 valence electrons. The molecule has 7 heteroatoms. The lowest BCUT2D eigenvalue weighted by atomic mass is 10.0. The highest BCUT2D eigenvalue weighted by Crippen LogP contribution is 2.21. The number of morpholine rings is 1. The molecule has 2 aromatic carbocycles. The third-order valence-electron chi connectivity index (χ3n) is 4.88. The molecule has 1 aliphatic heterocycles. The number of guanidine groups is 1. The number of halogens is 2. The number of nitrogens with zero attached hydrogens (tertiary/aromatic N) is 2. The predicted octanol–water partition coefficient (Wildman–Crippen LogP) is 3.09. The van der Waals surface area contributed by atoms with Gasteiger partial charge in [-0.1, -0.05) is 24.3 Å². The van der Waals surface area contributed by atoms with E-state index in [-0.39, 0.29) is 17.7 Å². The number of aliphatic imine (C=N–C) groups is 1. The lowest BCUT2D eigenvalue weighted by molar-refractivity contribution is 0.0170. The normalized spacial score (nSPS) is 16.4. The molecule has 3 rings (SSSR count). The Bertz CT molecular complexity index is 774. The van der Waals surface area contributed by atoms with Gasteiger partial charge in [-0.3, -0.25) is 4.90 Å². The summed E-state index contributed by atoms with van der Waals surface area (Å²) in [7, 11) is 0. The Morgan fingerprint density at radius 2 is 1.62 bits per heavy atom. The van der Waals surface area contributed by atoms with Crippen molar-refractivity contribution in [3.8, 4) is 0 Å². The van der Waals surface area contributed by atoms with E-state index in [1.54, 1.807) is 12.1 Å². The van der Waals surface area contributed by atoms with Crippen LogP contribution < -0.4 is 10.6 Å². The lowest BCUT2D eigenvalue weighted by Gasteiger charge is -2.35.